The molecule has 9 heteroatoms. The number of nitrogens with one attached hydrogen (secondary N) is 1. The maximum atomic E-state index is 11.8. The largest absolute Gasteiger partial charge is 0.496 e. The van der Waals surface area contributed by atoms with E-state index >= 15 is 0 Å². The summed E-state index contributed by atoms with van der Waals surface area (Å²) >= 11 is 0. The summed E-state index contributed by atoms with van der Waals surface area (Å²) in [6, 6.07) is 4.07. The van der Waals surface area contributed by atoms with E-state index in [1.165, 1.54) is 25.3 Å². The summed E-state index contributed by atoms with van der Waals surface area (Å²) in [5, 5.41) is 4.71. The average Bonchev–Trinajstić information content (AvgIpc) is 3.19. The average molecular weight is 320 g/mol. The van der Waals surface area contributed by atoms with E-state index in [4.69, 9.17) is 9.88 Å². The molecule has 1 aromatic carbocycles. The molecule has 1 aliphatic rings. The van der Waals surface area contributed by atoms with Gasteiger partial charge < -0.3 is 4.74 Å². The number of primary sulfonamides is 1. The monoisotopic (exact) mass is 320 g/mol. The Morgan fingerprint density at radius 3 is 2.45 bits per heavy atom. The third-order valence-corrected chi connectivity index (χ3v) is 5.81. The summed E-state index contributed by atoms with van der Waals surface area (Å²) in [6.45, 7) is -0.0363. The van der Waals surface area contributed by atoms with Crippen LogP contribution < -0.4 is 14.6 Å². The number of nitrogens with two attached hydrogens (primary N) is 1. The zero-order valence-electron chi connectivity index (χ0n) is 10.9. The number of hydrogen-bond acceptors (Lipinski definition) is 5. The Morgan fingerprint density at radius 2 is 1.95 bits per heavy atom. The van der Waals surface area contributed by atoms with Crippen molar-refractivity contribution in [3.63, 3.8) is 0 Å². The van der Waals surface area contributed by atoms with Crippen LogP contribution in [0.1, 0.15) is 18.4 Å². The van der Waals surface area contributed by atoms with Crippen molar-refractivity contribution in [3.05, 3.63) is 23.8 Å². The Hall–Kier alpha value is -1.16. The molecule has 0 unspecified atom stereocenters. The molecule has 0 bridgehead atoms. The first-order chi connectivity index (χ1) is 9.24. The van der Waals surface area contributed by atoms with Crippen LogP contribution in [0.15, 0.2) is 23.1 Å². The number of rotatable bonds is 6. The molecule has 7 nitrogen and oxygen atoms in total. The van der Waals surface area contributed by atoms with E-state index in [9.17, 15) is 16.8 Å². The minimum Gasteiger partial charge on any atom is -0.496 e. The highest BCUT2D eigenvalue weighted by molar-refractivity contribution is 7.90. The number of hydrogen-bond donors (Lipinski definition) is 2. The Labute approximate surface area is 118 Å². The van der Waals surface area contributed by atoms with E-state index in [0.717, 1.165) is 0 Å². The first kappa shape index (κ1) is 15.2. The van der Waals surface area contributed by atoms with E-state index < -0.39 is 20.0 Å². The molecule has 1 aromatic rings. The lowest BCUT2D eigenvalue weighted by molar-refractivity contribution is 0.408. The normalized spacial score (nSPS) is 16.1. The topological polar surface area (TPSA) is 116 Å². The molecule has 0 atom stereocenters. The second kappa shape index (κ2) is 5.32. The molecule has 0 saturated heterocycles. The number of benzene rings is 1. The van der Waals surface area contributed by atoms with Crippen molar-refractivity contribution in [2.75, 3.05) is 7.11 Å². The zero-order valence-corrected chi connectivity index (χ0v) is 12.5. The second-order valence-corrected chi connectivity index (χ2v) is 8.19. The lowest BCUT2D eigenvalue weighted by atomic mass is 10.2. The summed E-state index contributed by atoms with van der Waals surface area (Å²) in [5.41, 5.74) is 0.420. The van der Waals surface area contributed by atoms with Gasteiger partial charge in [0, 0.05) is 12.1 Å². The molecule has 2 rings (SSSR count). The van der Waals surface area contributed by atoms with Gasteiger partial charge >= 0.3 is 0 Å². The van der Waals surface area contributed by atoms with Crippen molar-refractivity contribution >= 4 is 20.0 Å². The van der Waals surface area contributed by atoms with E-state index in [1.54, 1.807) is 0 Å². The SMILES string of the molecule is COc1ccc(S(N)(=O)=O)cc1CNS(=O)(=O)C1CC1. The van der Waals surface area contributed by atoms with Gasteiger partial charge in [0.05, 0.1) is 17.3 Å². The Kier molecular flexibility index (Phi) is 4.05. The van der Waals surface area contributed by atoms with Crippen molar-refractivity contribution in [2.24, 2.45) is 5.14 Å². The third-order valence-electron chi connectivity index (χ3n) is 3.01. The van der Waals surface area contributed by atoms with E-state index in [0.29, 0.717) is 24.2 Å². The molecular weight excluding hydrogens is 304 g/mol. The first-order valence-electron chi connectivity index (χ1n) is 5.92. The van der Waals surface area contributed by atoms with Gasteiger partial charge in [0.25, 0.3) is 0 Å². The predicted octanol–water partition coefficient (Wildman–Crippen LogP) is -0.0756. The molecule has 1 fully saturated rings. The van der Waals surface area contributed by atoms with E-state index in [-0.39, 0.29) is 16.7 Å². The quantitative estimate of drug-likeness (QED) is 0.761. The van der Waals surface area contributed by atoms with Crippen LogP contribution >= 0.6 is 0 Å². The number of ether oxygens (including phenoxy) is 1. The van der Waals surface area contributed by atoms with Crippen LogP contribution in [0.5, 0.6) is 5.75 Å². The second-order valence-electron chi connectivity index (χ2n) is 4.58. The molecule has 0 radical (unpaired) electrons. The molecule has 0 heterocycles. The lowest BCUT2D eigenvalue weighted by Crippen LogP contribution is -2.27. The molecule has 112 valence electrons. The molecule has 1 aliphatic carbocycles. The zero-order chi connectivity index (χ0) is 15.0. The minimum atomic E-state index is -3.84. The Morgan fingerprint density at radius 1 is 1.30 bits per heavy atom. The highest BCUT2D eigenvalue weighted by Crippen LogP contribution is 2.28. The summed E-state index contributed by atoms with van der Waals surface area (Å²) in [6.07, 6.45) is 1.31. The molecule has 0 aromatic heterocycles. The summed E-state index contributed by atoms with van der Waals surface area (Å²) < 4.78 is 53.6. The van der Waals surface area contributed by atoms with Crippen LogP contribution in [0, 0.1) is 0 Å². The van der Waals surface area contributed by atoms with E-state index in [1.807, 2.05) is 0 Å². The van der Waals surface area contributed by atoms with Gasteiger partial charge in [-0.15, -0.1) is 0 Å². The summed E-state index contributed by atoms with van der Waals surface area (Å²) in [5.74, 6) is 0.399. The molecule has 0 amide bonds. The molecule has 0 spiro atoms. The maximum Gasteiger partial charge on any atom is 0.238 e. The lowest BCUT2D eigenvalue weighted by Gasteiger charge is -2.11. The van der Waals surface area contributed by atoms with Crippen molar-refractivity contribution in [3.8, 4) is 5.75 Å². The smallest absolute Gasteiger partial charge is 0.238 e. The van der Waals surface area contributed by atoms with Crippen LogP contribution in [0.3, 0.4) is 0 Å². The Balaban J connectivity index is 2.25. The fourth-order valence-corrected chi connectivity index (χ4v) is 3.66. The van der Waals surface area contributed by atoms with Gasteiger partial charge in [-0.25, -0.2) is 26.7 Å². The van der Waals surface area contributed by atoms with Crippen LogP contribution in [-0.2, 0) is 26.6 Å². The summed E-state index contributed by atoms with van der Waals surface area (Å²) in [7, 11) is -5.76. The van der Waals surface area contributed by atoms with Crippen molar-refractivity contribution < 1.29 is 21.6 Å². The van der Waals surface area contributed by atoms with Crippen molar-refractivity contribution in [1.82, 2.24) is 4.72 Å². The summed E-state index contributed by atoms with van der Waals surface area (Å²) in [4.78, 5) is -0.0843. The fraction of sp³-hybridized carbons (Fsp3) is 0.455. The van der Waals surface area contributed by atoms with Gasteiger partial charge in [-0.05, 0) is 31.0 Å². The Bertz CT molecular complexity index is 708. The van der Waals surface area contributed by atoms with Gasteiger partial charge in [-0.1, -0.05) is 0 Å². The molecule has 20 heavy (non-hydrogen) atoms. The van der Waals surface area contributed by atoms with Gasteiger partial charge in [0.15, 0.2) is 0 Å². The standard InChI is InChI=1S/C11H16N2O5S2/c1-18-11-5-4-10(19(12,14)15)6-8(11)7-13-20(16,17)9-2-3-9/h4-6,9,13H,2-3,7H2,1H3,(H2,12,14,15). The highest BCUT2D eigenvalue weighted by atomic mass is 32.2. The maximum absolute atomic E-state index is 11.8. The minimum absolute atomic E-state index is 0.0363. The fourth-order valence-electron chi connectivity index (χ4n) is 1.74. The van der Waals surface area contributed by atoms with Gasteiger partial charge in [-0.2, -0.15) is 0 Å². The van der Waals surface area contributed by atoms with Gasteiger partial charge in [0.2, 0.25) is 20.0 Å². The van der Waals surface area contributed by atoms with Gasteiger partial charge in [0.1, 0.15) is 5.75 Å². The number of sulfonamides is 2. The highest BCUT2D eigenvalue weighted by Gasteiger charge is 2.35. The third kappa shape index (κ3) is 3.48. The van der Waals surface area contributed by atoms with E-state index in [2.05, 4.69) is 4.72 Å². The molecule has 0 aliphatic heterocycles. The van der Waals surface area contributed by atoms with Crippen molar-refractivity contribution in [2.45, 2.75) is 29.5 Å². The van der Waals surface area contributed by atoms with Crippen molar-refractivity contribution in [1.29, 1.82) is 0 Å². The predicted molar refractivity (Wildman–Crippen MR) is 73.1 cm³/mol. The first-order valence-corrected chi connectivity index (χ1v) is 9.01. The van der Waals surface area contributed by atoms with Crippen LogP contribution in [-0.4, -0.2) is 29.2 Å². The van der Waals surface area contributed by atoms with Crippen LogP contribution in [0.25, 0.3) is 0 Å². The van der Waals surface area contributed by atoms with Crippen LogP contribution in [0.2, 0.25) is 0 Å². The molecule has 3 N–H and O–H groups in total. The molecule has 1 saturated carbocycles. The number of methoxy groups -OCH3 is 1. The van der Waals surface area contributed by atoms with Gasteiger partial charge in [-0.3, -0.25) is 0 Å². The molecular formula is C11H16N2O5S2. The van der Waals surface area contributed by atoms with Crippen LogP contribution in [0.4, 0.5) is 0 Å².